The lowest BCUT2D eigenvalue weighted by Gasteiger charge is -2.36. The summed E-state index contributed by atoms with van der Waals surface area (Å²) in [6.45, 7) is 1.02. The molecule has 6 nitrogen and oxygen atoms in total. The Balaban J connectivity index is 1.24. The number of carbonyl (C=O) groups is 2. The number of aromatic nitrogens is 1. The third-order valence-electron chi connectivity index (χ3n) is 8.20. The number of aliphatic carboxylic acids is 1. The van der Waals surface area contributed by atoms with E-state index in [-0.39, 0.29) is 11.3 Å². The Kier molecular flexibility index (Phi) is 4.24. The molecule has 2 heterocycles. The predicted octanol–water partition coefficient (Wildman–Crippen LogP) is 3.76. The van der Waals surface area contributed by atoms with Crippen molar-refractivity contribution in [3.05, 3.63) is 66.4 Å². The van der Waals surface area contributed by atoms with Crippen LogP contribution >= 0.6 is 0 Å². The number of amides is 1. The van der Waals surface area contributed by atoms with Gasteiger partial charge < -0.3 is 15.1 Å². The van der Waals surface area contributed by atoms with Gasteiger partial charge in [-0.15, -0.1) is 0 Å². The predicted molar refractivity (Wildman–Crippen MR) is 124 cm³/mol. The number of carboxylic acids is 1. The second-order valence-corrected chi connectivity index (χ2v) is 9.98. The zero-order chi connectivity index (χ0) is 22.8. The molecule has 6 rings (SSSR count). The fourth-order valence-corrected chi connectivity index (χ4v) is 5.86. The van der Waals surface area contributed by atoms with Gasteiger partial charge in [-0.3, -0.25) is 14.6 Å². The topological polar surface area (TPSA) is 90.7 Å². The van der Waals surface area contributed by atoms with Crippen LogP contribution in [0, 0.1) is 5.41 Å². The molecule has 1 spiro atoms. The van der Waals surface area contributed by atoms with Gasteiger partial charge in [0.15, 0.2) is 0 Å². The number of pyridine rings is 1. The van der Waals surface area contributed by atoms with Crippen LogP contribution in [0.3, 0.4) is 0 Å². The molecule has 1 aromatic heterocycles. The molecule has 2 N–H and O–H groups in total. The lowest BCUT2D eigenvalue weighted by Crippen LogP contribution is -2.47. The number of likely N-dealkylation sites (tertiary alicyclic amines) is 1. The Morgan fingerprint density at radius 3 is 2.27 bits per heavy atom. The minimum Gasteiger partial charge on any atom is -0.481 e. The maximum Gasteiger partial charge on any atom is 0.314 e. The molecule has 1 atom stereocenters. The van der Waals surface area contributed by atoms with Crippen LogP contribution in [-0.4, -0.2) is 50.7 Å². The van der Waals surface area contributed by atoms with Crippen molar-refractivity contribution >= 4 is 22.8 Å². The molecule has 3 aliphatic rings. The number of carbonyl (C=O) groups excluding carboxylic acids is 1. The molecule has 0 unspecified atom stereocenters. The molecule has 33 heavy (non-hydrogen) atoms. The Bertz CT molecular complexity index is 1270. The lowest BCUT2D eigenvalue weighted by atomic mass is 9.79. The first-order valence-electron chi connectivity index (χ1n) is 11.6. The summed E-state index contributed by atoms with van der Waals surface area (Å²) < 4.78 is 0. The number of nitrogens with zero attached hydrogens (tertiary/aromatic N) is 2. The van der Waals surface area contributed by atoms with Crippen molar-refractivity contribution in [1.82, 2.24) is 9.88 Å². The van der Waals surface area contributed by atoms with Crippen molar-refractivity contribution in [3.8, 4) is 11.1 Å². The van der Waals surface area contributed by atoms with Crippen molar-refractivity contribution in [3.63, 3.8) is 0 Å². The van der Waals surface area contributed by atoms with Crippen molar-refractivity contribution in [2.45, 2.75) is 43.1 Å². The van der Waals surface area contributed by atoms with E-state index in [1.54, 1.807) is 11.1 Å². The summed E-state index contributed by atoms with van der Waals surface area (Å²) in [7, 11) is 0. The molecular formula is C27H26N2O4. The lowest BCUT2D eigenvalue weighted by molar-refractivity contribution is -0.145. The summed E-state index contributed by atoms with van der Waals surface area (Å²) in [5, 5.41) is 21.5. The quantitative estimate of drug-likeness (QED) is 0.642. The number of piperidine rings is 1. The Hall–Kier alpha value is -3.25. The highest BCUT2D eigenvalue weighted by Gasteiger charge is 2.73. The fraction of sp³-hybridized carbons (Fsp3) is 0.370. The van der Waals surface area contributed by atoms with Crippen molar-refractivity contribution in [2.75, 3.05) is 13.1 Å². The van der Waals surface area contributed by atoms with E-state index in [1.807, 2.05) is 42.5 Å². The van der Waals surface area contributed by atoms with Crippen molar-refractivity contribution in [2.24, 2.45) is 5.41 Å². The van der Waals surface area contributed by atoms with E-state index in [0.29, 0.717) is 45.2 Å². The first-order chi connectivity index (χ1) is 15.9. The number of fused-ring (bicyclic) bond motifs is 1. The van der Waals surface area contributed by atoms with E-state index >= 15 is 0 Å². The van der Waals surface area contributed by atoms with Crippen molar-refractivity contribution < 1.29 is 19.8 Å². The number of carboxylic acid groups (broad SMARTS) is 1. The summed E-state index contributed by atoms with van der Waals surface area (Å²) in [5.74, 6) is -0.973. The molecule has 1 saturated heterocycles. The SMILES string of the molecule is O=C(N1CCC2(CC1)C[C@]2(C(=O)O)c1ccc(-c2ccc3cccnc3c2)cc1)C1(O)CC1. The molecule has 0 radical (unpaired) electrons. The van der Waals surface area contributed by atoms with Crippen LogP contribution in [0.5, 0.6) is 0 Å². The molecule has 1 aliphatic heterocycles. The largest absolute Gasteiger partial charge is 0.481 e. The Morgan fingerprint density at radius 1 is 0.909 bits per heavy atom. The van der Waals surface area contributed by atoms with E-state index in [9.17, 15) is 19.8 Å². The Labute approximate surface area is 191 Å². The zero-order valence-electron chi connectivity index (χ0n) is 18.3. The molecule has 2 saturated carbocycles. The minimum atomic E-state index is -1.16. The van der Waals surface area contributed by atoms with E-state index in [2.05, 4.69) is 17.1 Å². The smallest absolute Gasteiger partial charge is 0.314 e. The van der Waals surface area contributed by atoms with Crippen LogP contribution < -0.4 is 0 Å². The van der Waals surface area contributed by atoms with E-state index in [4.69, 9.17) is 0 Å². The van der Waals surface area contributed by atoms with Crippen LogP contribution in [0.1, 0.15) is 37.7 Å². The van der Waals surface area contributed by atoms with Gasteiger partial charge in [-0.05, 0) is 66.3 Å². The minimum absolute atomic E-state index is 0.187. The van der Waals surface area contributed by atoms with Gasteiger partial charge in [0, 0.05) is 24.7 Å². The zero-order valence-corrected chi connectivity index (χ0v) is 18.3. The molecule has 2 aromatic carbocycles. The van der Waals surface area contributed by atoms with Crippen LogP contribution in [0.15, 0.2) is 60.8 Å². The highest BCUT2D eigenvalue weighted by atomic mass is 16.4. The van der Waals surface area contributed by atoms with E-state index in [0.717, 1.165) is 27.6 Å². The standard InChI is InChI=1S/C27H26N2O4/c30-23(26(33)9-10-26)29-14-11-25(12-15-29)17-27(25,24(31)32)21-7-5-18(6-8-21)20-4-3-19-2-1-13-28-22(19)16-20/h1-8,13,16,33H,9-12,14-15,17H2,(H,31,32)/t27-/m1/s1. The summed E-state index contributed by atoms with van der Waals surface area (Å²) in [6, 6.07) is 18.0. The number of hydrogen-bond donors (Lipinski definition) is 2. The third-order valence-corrected chi connectivity index (χ3v) is 8.20. The highest BCUT2D eigenvalue weighted by molar-refractivity contribution is 5.90. The normalized spacial score (nSPS) is 24.6. The number of rotatable bonds is 4. The summed E-state index contributed by atoms with van der Waals surface area (Å²) in [5.41, 5.74) is 1.45. The van der Waals surface area contributed by atoms with Gasteiger partial charge in [-0.1, -0.05) is 42.5 Å². The average Bonchev–Trinajstić information content (AvgIpc) is 3.75. The molecular weight excluding hydrogens is 416 g/mol. The average molecular weight is 443 g/mol. The van der Waals surface area contributed by atoms with Gasteiger partial charge in [0.2, 0.25) is 0 Å². The maximum atomic E-state index is 12.5. The van der Waals surface area contributed by atoms with Gasteiger partial charge >= 0.3 is 5.97 Å². The van der Waals surface area contributed by atoms with Gasteiger partial charge in [0.1, 0.15) is 5.60 Å². The number of hydrogen-bond acceptors (Lipinski definition) is 4. The summed E-state index contributed by atoms with van der Waals surface area (Å²) in [6.07, 6.45) is 4.75. The van der Waals surface area contributed by atoms with Crippen LogP contribution in [0.4, 0.5) is 0 Å². The first kappa shape index (κ1) is 20.4. The molecule has 168 valence electrons. The Morgan fingerprint density at radius 2 is 1.61 bits per heavy atom. The van der Waals surface area contributed by atoms with Crippen molar-refractivity contribution in [1.29, 1.82) is 0 Å². The molecule has 2 aliphatic carbocycles. The van der Waals surface area contributed by atoms with Crippen LogP contribution in [0.2, 0.25) is 0 Å². The summed E-state index contributed by atoms with van der Waals surface area (Å²) in [4.78, 5) is 31.2. The second kappa shape index (κ2) is 6.87. The molecule has 6 heteroatoms. The van der Waals surface area contributed by atoms with Gasteiger partial charge in [0.05, 0.1) is 10.9 Å². The fourth-order valence-electron chi connectivity index (χ4n) is 5.86. The molecule has 1 amide bonds. The van der Waals surface area contributed by atoms with Gasteiger partial charge in [0.25, 0.3) is 5.91 Å². The molecule has 3 aromatic rings. The van der Waals surface area contributed by atoms with Crippen LogP contribution in [0.25, 0.3) is 22.0 Å². The van der Waals surface area contributed by atoms with Gasteiger partial charge in [-0.25, -0.2) is 0 Å². The second-order valence-electron chi connectivity index (χ2n) is 9.98. The van der Waals surface area contributed by atoms with E-state index < -0.39 is 17.0 Å². The number of aliphatic hydroxyl groups is 1. The first-order valence-corrected chi connectivity index (χ1v) is 11.6. The summed E-state index contributed by atoms with van der Waals surface area (Å²) >= 11 is 0. The maximum absolute atomic E-state index is 12.5. The van der Waals surface area contributed by atoms with Gasteiger partial charge in [-0.2, -0.15) is 0 Å². The highest BCUT2D eigenvalue weighted by Crippen LogP contribution is 2.70. The third kappa shape index (κ3) is 3.00. The number of benzene rings is 2. The monoisotopic (exact) mass is 442 g/mol. The van der Waals surface area contributed by atoms with E-state index in [1.165, 1.54) is 0 Å². The molecule has 3 fully saturated rings. The van der Waals surface area contributed by atoms with Crippen LogP contribution in [-0.2, 0) is 15.0 Å². The molecule has 0 bridgehead atoms.